The normalized spacial score (nSPS) is 10.5. The molecule has 3 rings (SSSR count). The molecular weight excluding hydrogens is 320 g/mol. The molecule has 3 aromatic rings. The monoisotopic (exact) mass is 338 g/mol. The van der Waals surface area contributed by atoms with Crippen LogP contribution in [-0.2, 0) is 0 Å². The Labute approximate surface area is 144 Å². The van der Waals surface area contributed by atoms with Crippen LogP contribution >= 0.6 is 0 Å². The molecule has 7 heteroatoms. The molecule has 25 heavy (non-hydrogen) atoms. The highest BCUT2D eigenvalue weighted by Gasteiger charge is 2.15. The predicted octanol–water partition coefficient (Wildman–Crippen LogP) is 2.34. The van der Waals surface area contributed by atoms with Crippen molar-refractivity contribution in [1.29, 1.82) is 0 Å². The van der Waals surface area contributed by atoms with Gasteiger partial charge in [0, 0.05) is 10.9 Å². The fourth-order valence-corrected chi connectivity index (χ4v) is 2.42. The summed E-state index contributed by atoms with van der Waals surface area (Å²) in [4.78, 5) is 24.4. The molecular formula is C18H18N4O3. The number of rotatable bonds is 4. The number of nitrogens with one attached hydrogen (secondary N) is 3. The number of ether oxygens (including phenoxy) is 1. The lowest BCUT2D eigenvalue weighted by Crippen LogP contribution is -2.41. The number of carbonyl (C=O) groups is 2. The number of carbonyl (C=O) groups excluding carboxylic acids is 2. The van der Waals surface area contributed by atoms with E-state index in [9.17, 15) is 9.59 Å². The van der Waals surface area contributed by atoms with Gasteiger partial charge in [-0.05, 0) is 50.2 Å². The third-order valence-electron chi connectivity index (χ3n) is 3.65. The number of amides is 2. The van der Waals surface area contributed by atoms with Crippen molar-refractivity contribution < 1.29 is 14.3 Å². The summed E-state index contributed by atoms with van der Waals surface area (Å²) in [6.07, 6.45) is 0. The van der Waals surface area contributed by atoms with E-state index in [2.05, 4.69) is 21.0 Å². The highest BCUT2D eigenvalue weighted by molar-refractivity contribution is 6.06. The summed E-state index contributed by atoms with van der Waals surface area (Å²) >= 11 is 0. The first-order chi connectivity index (χ1) is 12.1. The van der Waals surface area contributed by atoms with Gasteiger partial charge in [-0.3, -0.25) is 25.5 Å². The second-order valence-electron chi connectivity index (χ2n) is 5.49. The number of H-pyrrole nitrogens is 1. The summed E-state index contributed by atoms with van der Waals surface area (Å²) < 4.78 is 5.33. The van der Waals surface area contributed by atoms with Crippen LogP contribution in [0.2, 0.25) is 0 Å². The van der Waals surface area contributed by atoms with Gasteiger partial charge in [0.2, 0.25) is 0 Å². The number of hydrogen-bond donors (Lipinski definition) is 3. The average Bonchev–Trinajstić information content (AvgIpc) is 3.03. The third-order valence-corrected chi connectivity index (χ3v) is 3.65. The van der Waals surface area contributed by atoms with Crippen molar-refractivity contribution in [2.75, 3.05) is 6.61 Å². The molecule has 0 saturated heterocycles. The fourth-order valence-electron chi connectivity index (χ4n) is 2.42. The van der Waals surface area contributed by atoms with Gasteiger partial charge in [0.1, 0.15) is 5.75 Å². The van der Waals surface area contributed by atoms with E-state index in [0.717, 1.165) is 11.1 Å². The first kappa shape index (κ1) is 16.5. The molecule has 1 aromatic heterocycles. The largest absolute Gasteiger partial charge is 0.494 e. The quantitative estimate of drug-likeness (QED) is 0.636. The standard InChI is InChI=1S/C18H18N4O3/c1-3-25-13-7-5-12(6-8-13)17(23)21-22-18(24)16-14-10-11(2)4-9-15(14)19-20-16/h4-10H,3H2,1-2H3,(H,19,20)(H,21,23)(H,22,24). The Bertz CT molecular complexity index is 916. The van der Waals surface area contributed by atoms with Crippen LogP contribution in [-0.4, -0.2) is 28.6 Å². The minimum Gasteiger partial charge on any atom is -0.494 e. The lowest BCUT2D eigenvalue weighted by atomic mass is 10.1. The zero-order valence-corrected chi connectivity index (χ0v) is 13.9. The highest BCUT2D eigenvalue weighted by Crippen LogP contribution is 2.17. The molecule has 1 heterocycles. The maximum atomic E-state index is 12.3. The van der Waals surface area contributed by atoms with Crippen LogP contribution in [0.25, 0.3) is 10.9 Å². The first-order valence-corrected chi connectivity index (χ1v) is 7.86. The van der Waals surface area contributed by atoms with E-state index in [4.69, 9.17) is 4.74 Å². The van der Waals surface area contributed by atoms with E-state index >= 15 is 0 Å². The number of hydrogen-bond acceptors (Lipinski definition) is 4. The highest BCUT2D eigenvalue weighted by atomic mass is 16.5. The topological polar surface area (TPSA) is 96.1 Å². The molecule has 0 radical (unpaired) electrons. The second kappa shape index (κ2) is 7.04. The first-order valence-electron chi connectivity index (χ1n) is 7.86. The number of aromatic nitrogens is 2. The van der Waals surface area contributed by atoms with Crippen LogP contribution in [0.15, 0.2) is 42.5 Å². The number of nitrogens with zero attached hydrogens (tertiary/aromatic N) is 1. The molecule has 128 valence electrons. The minimum absolute atomic E-state index is 0.227. The Hall–Kier alpha value is -3.35. The molecule has 0 fully saturated rings. The van der Waals surface area contributed by atoms with Crippen LogP contribution in [0.1, 0.15) is 33.3 Å². The summed E-state index contributed by atoms with van der Waals surface area (Å²) in [5.41, 5.74) is 7.18. The maximum absolute atomic E-state index is 12.3. The van der Waals surface area contributed by atoms with Gasteiger partial charge >= 0.3 is 0 Å². The van der Waals surface area contributed by atoms with Gasteiger partial charge in [0.15, 0.2) is 5.69 Å². The number of aromatic amines is 1. The summed E-state index contributed by atoms with van der Waals surface area (Å²) in [6.45, 7) is 4.37. The van der Waals surface area contributed by atoms with E-state index < -0.39 is 11.8 Å². The molecule has 0 unspecified atom stereocenters. The van der Waals surface area contributed by atoms with Crippen molar-refractivity contribution in [1.82, 2.24) is 21.0 Å². The molecule has 7 nitrogen and oxygen atoms in total. The molecule has 2 aromatic carbocycles. The summed E-state index contributed by atoms with van der Waals surface area (Å²) in [6, 6.07) is 12.3. The van der Waals surface area contributed by atoms with E-state index in [1.807, 2.05) is 32.0 Å². The average molecular weight is 338 g/mol. The summed E-state index contributed by atoms with van der Waals surface area (Å²) in [7, 11) is 0. The van der Waals surface area contributed by atoms with Crippen LogP contribution in [0.5, 0.6) is 5.75 Å². The Balaban J connectivity index is 1.66. The third kappa shape index (κ3) is 3.60. The SMILES string of the molecule is CCOc1ccc(C(=O)NNC(=O)c2n[nH]c3ccc(C)cc23)cc1. The van der Waals surface area contributed by atoms with E-state index in [0.29, 0.717) is 23.3 Å². The Kier molecular flexibility index (Phi) is 4.65. The van der Waals surface area contributed by atoms with Gasteiger partial charge < -0.3 is 4.74 Å². The van der Waals surface area contributed by atoms with Crippen LogP contribution in [0.3, 0.4) is 0 Å². The Morgan fingerprint density at radius 2 is 1.80 bits per heavy atom. The number of hydrazine groups is 1. The second-order valence-corrected chi connectivity index (χ2v) is 5.49. The zero-order valence-electron chi connectivity index (χ0n) is 13.9. The fraction of sp³-hybridized carbons (Fsp3) is 0.167. The summed E-state index contributed by atoms with van der Waals surface area (Å²) in [5, 5.41) is 7.51. The maximum Gasteiger partial charge on any atom is 0.290 e. The lowest BCUT2D eigenvalue weighted by Gasteiger charge is -2.07. The Morgan fingerprint density at radius 3 is 2.52 bits per heavy atom. The molecule has 2 amide bonds. The smallest absolute Gasteiger partial charge is 0.290 e. The van der Waals surface area contributed by atoms with Crippen molar-refractivity contribution >= 4 is 22.7 Å². The van der Waals surface area contributed by atoms with Gasteiger partial charge in [-0.15, -0.1) is 0 Å². The van der Waals surface area contributed by atoms with Crippen molar-refractivity contribution in [2.24, 2.45) is 0 Å². The minimum atomic E-state index is -0.490. The molecule has 0 bridgehead atoms. The van der Waals surface area contributed by atoms with Gasteiger partial charge in [-0.2, -0.15) is 5.10 Å². The zero-order chi connectivity index (χ0) is 17.8. The molecule has 0 aliphatic carbocycles. The molecule has 3 N–H and O–H groups in total. The predicted molar refractivity (Wildman–Crippen MR) is 93.4 cm³/mol. The van der Waals surface area contributed by atoms with Gasteiger partial charge in [0.25, 0.3) is 11.8 Å². The molecule has 0 saturated carbocycles. The Morgan fingerprint density at radius 1 is 1.08 bits per heavy atom. The lowest BCUT2D eigenvalue weighted by molar-refractivity contribution is 0.0844. The van der Waals surface area contributed by atoms with Crippen LogP contribution < -0.4 is 15.6 Å². The summed E-state index contributed by atoms with van der Waals surface area (Å²) in [5.74, 6) is -0.231. The van der Waals surface area contributed by atoms with E-state index in [-0.39, 0.29) is 5.69 Å². The van der Waals surface area contributed by atoms with Crippen molar-refractivity contribution in [3.05, 3.63) is 59.3 Å². The van der Waals surface area contributed by atoms with Crippen molar-refractivity contribution in [3.63, 3.8) is 0 Å². The molecule has 0 atom stereocenters. The number of fused-ring (bicyclic) bond motifs is 1. The van der Waals surface area contributed by atoms with Crippen molar-refractivity contribution in [2.45, 2.75) is 13.8 Å². The van der Waals surface area contributed by atoms with Crippen LogP contribution in [0.4, 0.5) is 0 Å². The van der Waals surface area contributed by atoms with Gasteiger partial charge in [-0.25, -0.2) is 0 Å². The van der Waals surface area contributed by atoms with Gasteiger partial charge in [-0.1, -0.05) is 11.6 Å². The molecule has 0 aliphatic heterocycles. The van der Waals surface area contributed by atoms with E-state index in [1.165, 1.54) is 0 Å². The molecule has 0 spiro atoms. The van der Waals surface area contributed by atoms with Crippen LogP contribution in [0, 0.1) is 6.92 Å². The van der Waals surface area contributed by atoms with Gasteiger partial charge in [0.05, 0.1) is 12.1 Å². The number of aryl methyl sites for hydroxylation is 1. The van der Waals surface area contributed by atoms with E-state index in [1.54, 1.807) is 24.3 Å². The number of benzene rings is 2. The van der Waals surface area contributed by atoms with Crippen molar-refractivity contribution in [3.8, 4) is 5.75 Å². The molecule has 0 aliphatic rings.